The van der Waals surface area contributed by atoms with E-state index < -0.39 is 0 Å². The number of aromatic nitrogens is 2. The lowest BCUT2D eigenvalue weighted by molar-refractivity contribution is -0.720. The molecule has 0 N–H and O–H groups in total. The van der Waals surface area contributed by atoms with Gasteiger partial charge in [-0.15, -0.1) is 0 Å². The van der Waals surface area contributed by atoms with Crippen molar-refractivity contribution >= 4 is 17.2 Å². The molecular formula is C53H67N3O+2. The lowest BCUT2D eigenvalue weighted by atomic mass is 9.73. The van der Waals surface area contributed by atoms with Crippen molar-refractivity contribution < 1.29 is 13.9 Å². The number of hydrogen-bond acceptors (Lipinski definition) is 2. The van der Waals surface area contributed by atoms with E-state index in [2.05, 4.69) is 150 Å². The van der Waals surface area contributed by atoms with Crippen molar-refractivity contribution in [3.63, 3.8) is 0 Å². The maximum atomic E-state index is 6.79. The minimum atomic E-state index is 0.0929. The second kappa shape index (κ2) is 17.1. The highest BCUT2D eigenvalue weighted by Crippen LogP contribution is 2.48. The SMILES string of the molecule is C=C(OC(C)=NCC(C)c1cccc(C(C)C)c1)/C1=C(\C(C)CC)CCC2C(C(=C)[n+]3cc(C4CC(C)CC(C)C4)c(C)cc31)c1ccccc1-c1cccc[n+]12. The fraction of sp³-hybridized carbons (Fsp3) is 0.453. The summed E-state index contributed by atoms with van der Waals surface area (Å²) in [5.74, 6) is 4.46. The number of hydrogen-bond donors (Lipinski definition) is 0. The molecule has 0 radical (unpaired) electrons. The third-order valence-electron chi connectivity index (χ3n) is 13.6. The molecule has 3 aliphatic rings. The number of fused-ring (bicyclic) bond motifs is 7. The molecule has 0 saturated heterocycles. The van der Waals surface area contributed by atoms with Crippen LogP contribution in [0.1, 0.15) is 157 Å². The Balaban J connectivity index is 1.36. The molecule has 4 aromatic rings. The largest absolute Gasteiger partial charge is 0.443 e. The predicted molar refractivity (Wildman–Crippen MR) is 238 cm³/mol. The third-order valence-corrected chi connectivity index (χ3v) is 13.6. The number of allylic oxidation sites excluding steroid dienone is 3. The number of pyridine rings is 2. The van der Waals surface area contributed by atoms with Crippen molar-refractivity contribution in [2.75, 3.05) is 6.54 Å². The van der Waals surface area contributed by atoms with Crippen molar-refractivity contribution in [1.82, 2.24) is 0 Å². The lowest BCUT2D eigenvalue weighted by Gasteiger charge is -2.32. The number of nitrogens with zero attached hydrogens (tertiary/aromatic N) is 3. The fourth-order valence-corrected chi connectivity index (χ4v) is 10.4. The van der Waals surface area contributed by atoms with Crippen molar-refractivity contribution in [2.45, 2.75) is 131 Å². The Bertz CT molecular complexity index is 2200. The van der Waals surface area contributed by atoms with Gasteiger partial charge < -0.3 is 4.74 Å². The first-order chi connectivity index (χ1) is 27.4. The highest BCUT2D eigenvalue weighted by molar-refractivity contribution is 5.83. The Morgan fingerprint density at radius 1 is 0.860 bits per heavy atom. The van der Waals surface area contributed by atoms with E-state index in [1.54, 1.807) is 0 Å². The molecule has 1 fully saturated rings. The zero-order valence-electron chi connectivity index (χ0n) is 36.3. The Labute approximate surface area is 344 Å². The molecule has 2 aromatic carbocycles. The van der Waals surface area contributed by atoms with Gasteiger partial charge in [0.25, 0.3) is 0 Å². The van der Waals surface area contributed by atoms with Crippen LogP contribution in [0.3, 0.4) is 0 Å². The van der Waals surface area contributed by atoms with Crippen molar-refractivity contribution in [1.29, 1.82) is 0 Å². The smallest absolute Gasteiger partial charge is 0.222 e. The molecule has 7 rings (SSSR count). The van der Waals surface area contributed by atoms with E-state index in [9.17, 15) is 0 Å². The molecule has 298 valence electrons. The average Bonchev–Trinajstić information content (AvgIpc) is 3.24. The van der Waals surface area contributed by atoms with Crippen LogP contribution in [-0.2, 0) is 4.74 Å². The summed E-state index contributed by atoms with van der Waals surface area (Å²) < 4.78 is 11.8. The molecule has 0 amide bonds. The van der Waals surface area contributed by atoms with E-state index in [-0.39, 0.29) is 17.9 Å². The van der Waals surface area contributed by atoms with Crippen LogP contribution in [0, 0.1) is 24.7 Å². The van der Waals surface area contributed by atoms with Gasteiger partial charge in [-0.25, -0.2) is 0 Å². The first-order valence-corrected chi connectivity index (χ1v) is 21.9. The van der Waals surface area contributed by atoms with Crippen LogP contribution in [0.5, 0.6) is 0 Å². The standard InChI is InChI=1S/C53H67N3O/c1-12-36(6)45-23-24-50-52(47-21-14-13-20-46(47)49-22-15-16-25-55(49)50)39(9)56-32-48(44-27-34(4)26-35(5)28-44)37(7)29-51(56)53(45)40(10)57-41(11)54-31-38(8)43-19-17-18-42(30-43)33(2)3/h13-22,25,29-30,32-36,38,44,50,52H,9-10,12,23-24,26-28,31H2,1-8,11H3/q+2/b53-45+,54-41?. The Morgan fingerprint density at radius 3 is 2.32 bits per heavy atom. The zero-order chi connectivity index (χ0) is 40.5. The van der Waals surface area contributed by atoms with Crippen LogP contribution in [0.4, 0.5) is 0 Å². The molecule has 4 heterocycles. The van der Waals surface area contributed by atoms with Gasteiger partial charge in [0, 0.05) is 49.6 Å². The van der Waals surface area contributed by atoms with Gasteiger partial charge in [-0.2, -0.15) is 9.13 Å². The second-order valence-corrected chi connectivity index (χ2v) is 18.3. The minimum Gasteiger partial charge on any atom is -0.443 e. The van der Waals surface area contributed by atoms with Gasteiger partial charge in [-0.3, -0.25) is 4.99 Å². The summed E-state index contributed by atoms with van der Waals surface area (Å²) in [6.45, 7) is 31.1. The van der Waals surface area contributed by atoms with Crippen molar-refractivity contribution in [3.05, 3.63) is 143 Å². The quantitative estimate of drug-likeness (QED) is 0.0723. The van der Waals surface area contributed by atoms with E-state index in [0.717, 1.165) is 36.2 Å². The van der Waals surface area contributed by atoms with E-state index in [4.69, 9.17) is 22.9 Å². The van der Waals surface area contributed by atoms with Gasteiger partial charge in [0.2, 0.25) is 11.4 Å². The van der Waals surface area contributed by atoms with Crippen molar-refractivity contribution in [2.24, 2.45) is 22.7 Å². The average molecular weight is 762 g/mol. The van der Waals surface area contributed by atoms with Crippen LogP contribution in [0.15, 0.2) is 115 Å². The number of aliphatic imine (C=N–C) groups is 1. The summed E-state index contributed by atoms with van der Waals surface area (Å²) in [5, 5.41) is 0. The molecule has 2 aromatic heterocycles. The summed E-state index contributed by atoms with van der Waals surface area (Å²) in [6, 6.07) is 27.3. The molecule has 4 heteroatoms. The lowest BCUT2D eigenvalue weighted by Crippen LogP contribution is -2.51. The van der Waals surface area contributed by atoms with Gasteiger partial charge >= 0.3 is 0 Å². The summed E-state index contributed by atoms with van der Waals surface area (Å²) in [4.78, 5) is 5.03. The molecule has 0 bridgehead atoms. The van der Waals surface area contributed by atoms with Crippen LogP contribution in [0.25, 0.3) is 22.5 Å². The Hall–Kier alpha value is -4.57. The normalized spacial score (nSPS) is 24.6. The minimum absolute atomic E-state index is 0.0929. The fourth-order valence-electron chi connectivity index (χ4n) is 10.4. The molecule has 6 atom stereocenters. The van der Waals surface area contributed by atoms with Gasteiger partial charge in [0.05, 0.1) is 11.1 Å². The molecule has 1 aliphatic carbocycles. The Kier molecular flexibility index (Phi) is 12.2. The third kappa shape index (κ3) is 8.25. The highest BCUT2D eigenvalue weighted by atomic mass is 16.5. The van der Waals surface area contributed by atoms with Gasteiger partial charge in [0.1, 0.15) is 11.7 Å². The molecule has 0 spiro atoms. The number of aryl methyl sites for hydroxylation is 1. The molecule has 57 heavy (non-hydrogen) atoms. The number of ether oxygens (including phenoxy) is 1. The molecule has 4 nitrogen and oxygen atoms in total. The summed E-state index contributed by atoms with van der Waals surface area (Å²) in [6.07, 6.45) is 11.5. The molecule has 2 aliphatic heterocycles. The van der Waals surface area contributed by atoms with Gasteiger partial charge in [0.15, 0.2) is 30.0 Å². The predicted octanol–water partition coefficient (Wildman–Crippen LogP) is 13.1. The topological polar surface area (TPSA) is 29.3 Å². The van der Waals surface area contributed by atoms with Crippen LogP contribution in [0.2, 0.25) is 0 Å². The van der Waals surface area contributed by atoms with Gasteiger partial charge in [-0.1, -0.05) is 97.5 Å². The van der Waals surface area contributed by atoms with Crippen molar-refractivity contribution in [3.8, 4) is 11.3 Å². The van der Waals surface area contributed by atoms with E-state index in [1.165, 1.54) is 63.9 Å². The molecular weight excluding hydrogens is 695 g/mol. The molecule has 6 unspecified atom stereocenters. The van der Waals surface area contributed by atoms with Crippen LogP contribution < -0.4 is 9.13 Å². The summed E-state index contributed by atoms with van der Waals surface area (Å²) >= 11 is 0. The Morgan fingerprint density at radius 2 is 1.58 bits per heavy atom. The first kappa shape index (κ1) is 40.6. The second-order valence-electron chi connectivity index (χ2n) is 18.3. The van der Waals surface area contributed by atoms with Crippen LogP contribution >= 0.6 is 0 Å². The monoisotopic (exact) mass is 762 g/mol. The zero-order valence-corrected chi connectivity index (χ0v) is 36.3. The summed E-state index contributed by atoms with van der Waals surface area (Å²) in [7, 11) is 0. The van der Waals surface area contributed by atoms with E-state index >= 15 is 0 Å². The molecule has 1 saturated carbocycles. The number of rotatable bonds is 9. The maximum Gasteiger partial charge on any atom is 0.222 e. The summed E-state index contributed by atoms with van der Waals surface area (Å²) in [5.41, 5.74) is 14.2. The van der Waals surface area contributed by atoms with E-state index in [1.807, 2.05) is 6.92 Å². The van der Waals surface area contributed by atoms with Crippen LogP contribution in [-0.4, -0.2) is 12.4 Å². The van der Waals surface area contributed by atoms with E-state index in [0.29, 0.717) is 47.8 Å². The van der Waals surface area contributed by atoms with Gasteiger partial charge in [-0.05, 0) is 115 Å². The highest BCUT2D eigenvalue weighted by Gasteiger charge is 2.47. The number of benzene rings is 2. The first-order valence-electron chi connectivity index (χ1n) is 21.9. The maximum absolute atomic E-state index is 6.79.